The fourth-order valence-electron chi connectivity index (χ4n) is 3.32. The Morgan fingerprint density at radius 2 is 1.56 bits per heavy atom. The number of aliphatic hydroxyl groups excluding tert-OH is 1. The molecule has 0 aromatic heterocycles. The molecular formula is C20H20O5. The first-order chi connectivity index (χ1) is 12.0. The van der Waals surface area contributed by atoms with Gasteiger partial charge < -0.3 is 14.9 Å². The molecule has 1 aliphatic rings. The van der Waals surface area contributed by atoms with Crippen LogP contribution in [0, 0.1) is 5.92 Å². The highest BCUT2D eigenvalue weighted by Crippen LogP contribution is 2.44. The van der Waals surface area contributed by atoms with Crippen molar-refractivity contribution in [1.82, 2.24) is 0 Å². The summed E-state index contributed by atoms with van der Waals surface area (Å²) in [5, 5.41) is 18.5. The minimum absolute atomic E-state index is 0.0637. The van der Waals surface area contributed by atoms with E-state index >= 15 is 0 Å². The second kappa shape index (κ2) is 7.07. The monoisotopic (exact) mass is 340 g/mol. The molecular weight excluding hydrogens is 320 g/mol. The highest BCUT2D eigenvalue weighted by atomic mass is 16.5. The number of carboxylic acid groups (broad SMARTS) is 1. The van der Waals surface area contributed by atoms with Crippen LogP contribution in [0.2, 0.25) is 0 Å². The second-order valence-electron chi connectivity index (χ2n) is 6.30. The standard InChI is InChI=1S/C20H20O5/c1-12(21)17(20(23)24)10-19(22)25-11-18-15-8-4-2-6-13(15)14-7-3-5-9-16(14)18/h2-9,12,17-18,21H,10-11H2,1H3,(H,23,24)/t12-,17+/m1/s1. The number of aliphatic hydroxyl groups is 1. The molecule has 0 saturated carbocycles. The minimum Gasteiger partial charge on any atom is -0.481 e. The van der Waals surface area contributed by atoms with Crippen LogP contribution in [-0.2, 0) is 14.3 Å². The van der Waals surface area contributed by atoms with E-state index < -0.39 is 24.0 Å². The molecule has 0 spiro atoms. The van der Waals surface area contributed by atoms with Crippen molar-refractivity contribution in [3.63, 3.8) is 0 Å². The van der Waals surface area contributed by atoms with Crippen molar-refractivity contribution in [2.45, 2.75) is 25.4 Å². The Labute approximate surface area is 145 Å². The zero-order valence-corrected chi connectivity index (χ0v) is 13.9. The molecule has 2 aromatic carbocycles. The number of benzene rings is 2. The molecule has 2 aromatic rings. The van der Waals surface area contributed by atoms with Gasteiger partial charge in [0, 0.05) is 5.92 Å². The summed E-state index contributed by atoms with van der Waals surface area (Å²) in [7, 11) is 0. The molecule has 0 bridgehead atoms. The van der Waals surface area contributed by atoms with Gasteiger partial charge in [-0.05, 0) is 29.2 Å². The molecule has 0 amide bonds. The third kappa shape index (κ3) is 3.42. The number of carbonyl (C=O) groups is 2. The molecule has 5 heteroatoms. The maximum absolute atomic E-state index is 12.0. The summed E-state index contributed by atoms with van der Waals surface area (Å²) < 4.78 is 5.36. The maximum Gasteiger partial charge on any atom is 0.309 e. The summed E-state index contributed by atoms with van der Waals surface area (Å²) in [4.78, 5) is 23.1. The fourth-order valence-corrected chi connectivity index (χ4v) is 3.32. The van der Waals surface area contributed by atoms with E-state index in [1.165, 1.54) is 6.92 Å². The quantitative estimate of drug-likeness (QED) is 0.790. The lowest BCUT2D eigenvalue weighted by molar-refractivity contribution is -0.155. The molecule has 5 nitrogen and oxygen atoms in total. The van der Waals surface area contributed by atoms with Gasteiger partial charge >= 0.3 is 11.9 Å². The number of aliphatic carboxylic acids is 1. The van der Waals surface area contributed by atoms with Gasteiger partial charge in [-0.25, -0.2) is 0 Å². The van der Waals surface area contributed by atoms with Crippen molar-refractivity contribution >= 4 is 11.9 Å². The summed E-state index contributed by atoms with van der Waals surface area (Å²) in [6, 6.07) is 16.0. The van der Waals surface area contributed by atoms with E-state index in [4.69, 9.17) is 9.84 Å². The SMILES string of the molecule is C[C@@H](O)[C@H](CC(=O)OCC1c2ccccc2-c2ccccc21)C(=O)O. The average molecular weight is 340 g/mol. The molecule has 0 heterocycles. The molecule has 0 radical (unpaired) electrons. The van der Waals surface area contributed by atoms with E-state index in [1.54, 1.807) is 0 Å². The van der Waals surface area contributed by atoms with Crippen LogP contribution in [0.5, 0.6) is 0 Å². The van der Waals surface area contributed by atoms with Crippen molar-refractivity contribution in [2.24, 2.45) is 5.92 Å². The number of rotatable bonds is 6. The predicted octanol–water partition coefficient (Wildman–Crippen LogP) is 2.81. The topological polar surface area (TPSA) is 83.8 Å². The molecule has 0 fully saturated rings. The maximum atomic E-state index is 12.0. The number of fused-ring (bicyclic) bond motifs is 3. The summed E-state index contributed by atoms with van der Waals surface area (Å²) in [5.41, 5.74) is 4.46. The van der Waals surface area contributed by atoms with Gasteiger partial charge in [0.25, 0.3) is 0 Å². The van der Waals surface area contributed by atoms with E-state index in [1.807, 2.05) is 48.5 Å². The van der Waals surface area contributed by atoms with Gasteiger partial charge in [-0.15, -0.1) is 0 Å². The highest BCUT2D eigenvalue weighted by Gasteiger charge is 2.31. The van der Waals surface area contributed by atoms with Crippen LogP contribution >= 0.6 is 0 Å². The molecule has 1 aliphatic carbocycles. The van der Waals surface area contributed by atoms with Gasteiger partial charge in [0.1, 0.15) is 6.61 Å². The summed E-state index contributed by atoms with van der Waals surface area (Å²) in [6.45, 7) is 1.51. The molecule has 0 unspecified atom stereocenters. The zero-order valence-electron chi connectivity index (χ0n) is 13.9. The van der Waals surface area contributed by atoms with Crippen LogP contribution in [0.4, 0.5) is 0 Å². The van der Waals surface area contributed by atoms with Crippen LogP contribution in [0.25, 0.3) is 11.1 Å². The first kappa shape index (κ1) is 17.2. The lowest BCUT2D eigenvalue weighted by Crippen LogP contribution is -2.29. The van der Waals surface area contributed by atoms with E-state index in [2.05, 4.69) is 0 Å². The third-order valence-electron chi connectivity index (χ3n) is 4.66. The summed E-state index contributed by atoms with van der Waals surface area (Å²) >= 11 is 0. The Bertz CT molecular complexity index is 751. The van der Waals surface area contributed by atoms with Gasteiger partial charge in [-0.2, -0.15) is 0 Å². The van der Waals surface area contributed by atoms with Gasteiger partial charge in [0.05, 0.1) is 18.4 Å². The van der Waals surface area contributed by atoms with Crippen molar-refractivity contribution in [3.05, 3.63) is 59.7 Å². The van der Waals surface area contributed by atoms with Gasteiger partial charge in [-0.1, -0.05) is 48.5 Å². The first-order valence-electron chi connectivity index (χ1n) is 8.23. The number of carbonyl (C=O) groups excluding carboxylic acids is 1. The van der Waals surface area contributed by atoms with E-state index in [0.717, 1.165) is 22.3 Å². The molecule has 0 aliphatic heterocycles. The Balaban J connectivity index is 1.73. The lowest BCUT2D eigenvalue weighted by Gasteiger charge is -2.17. The Morgan fingerprint density at radius 3 is 2.04 bits per heavy atom. The average Bonchev–Trinajstić information content (AvgIpc) is 2.91. The van der Waals surface area contributed by atoms with Crippen molar-refractivity contribution < 1.29 is 24.5 Å². The molecule has 2 N–H and O–H groups in total. The third-order valence-corrected chi connectivity index (χ3v) is 4.66. The summed E-state index contributed by atoms with van der Waals surface area (Å²) in [6.07, 6.45) is -1.46. The Kier molecular flexibility index (Phi) is 4.86. The van der Waals surface area contributed by atoms with Crippen molar-refractivity contribution in [3.8, 4) is 11.1 Å². The van der Waals surface area contributed by atoms with Gasteiger partial charge in [-0.3, -0.25) is 9.59 Å². The Morgan fingerprint density at radius 1 is 1.04 bits per heavy atom. The molecule has 3 rings (SSSR count). The molecule has 25 heavy (non-hydrogen) atoms. The number of ether oxygens (including phenoxy) is 1. The lowest BCUT2D eigenvalue weighted by atomic mass is 9.98. The molecule has 130 valence electrons. The van der Waals surface area contributed by atoms with E-state index in [0.29, 0.717) is 0 Å². The number of hydrogen-bond donors (Lipinski definition) is 2. The smallest absolute Gasteiger partial charge is 0.309 e. The normalized spacial score (nSPS) is 15.1. The first-order valence-corrected chi connectivity index (χ1v) is 8.23. The zero-order chi connectivity index (χ0) is 18.0. The van der Waals surface area contributed by atoms with Crippen LogP contribution in [-0.4, -0.2) is 34.9 Å². The fraction of sp³-hybridized carbons (Fsp3) is 0.300. The van der Waals surface area contributed by atoms with E-state index in [-0.39, 0.29) is 18.9 Å². The minimum atomic E-state index is -1.21. The van der Waals surface area contributed by atoms with Crippen molar-refractivity contribution in [1.29, 1.82) is 0 Å². The van der Waals surface area contributed by atoms with Crippen LogP contribution < -0.4 is 0 Å². The predicted molar refractivity (Wildman–Crippen MR) is 92.1 cm³/mol. The summed E-state index contributed by atoms with van der Waals surface area (Å²) in [5.74, 6) is -3.04. The van der Waals surface area contributed by atoms with Gasteiger partial charge in [0.15, 0.2) is 0 Å². The number of carboxylic acids is 1. The van der Waals surface area contributed by atoms with E-state index in [9.17, 15) is 14.7 Å². The molecule has 0 saturated heterocycles. The second-order valence-corrected chi connectivity index (χ2v) is 6.30. The van der Waals surface area contributed by atoms with Gasteiger partial charge in [0.2, 0.25) is 0 Å². The van der Waals surface area contributed by atoms with Crippen LogP contribution in [0.1, 0.15) is 30.4 Å². The number of esters is 1. The highest BCUT2D eigenvalue weighted by molar-refractivity contribution is 5.80. The largest absolute Gasteiger partial charge is 0.481 e. The number of hydrogen-bond acceptors (Lipinski definition) is 4. The van der Waals surface area contributed by atoms with Crippen molar-refractivity contribution in [2.75, 3.05) is 6.61 Å². The van der Waals surface area contributed by atoms with Crippen LogP contribution in [0.3, 0.4) is 0 Å². The molecule has 2 atom stereocenters. The van der Waals surface area contributed by atoms with Crippen LogP contribution in [0.15, 0.2) is 48.5 Å². The Hall–Kier alpha value is -2.66.